The summed E-state index contributed by atoms with van der Waals surface area (Å²) in [6.45, 7) is 1.78. The highest BCUT2D eigenvalue weighted by Crippen LogP contribution is 2.33. The van der Waals surface area contributed by atoms with Crippen LogP contribution in [-0.4, -0.2) is 9.97 Å². The van der Waals surface area contributed by atoms with Crippen LogP contribution in [0.5, 0.6) is 11.6 Å². The lowest BCUT2D eigenvalue weighted by Gasteiger charge is -2.11. The van der Waals surface area contributed by atoms with E-state index in [1.54, 1.807) is 25.1 Å². The molecule has 3 N–H and O–H groups in total. The number of ether oxygens (including phenoxy) is 1. The van der Waals surface area contributed by atoms with Crippen molar-refractivity contribution in [3.8, 4) is 11.6 Å². The number of hydrogen-bond acceptors (Lipinski definition) is 5. The number of nitrogens with one attached hydrogen (secondary N) is 1. The minimum absolute atomic E-state index is 0.363. The first-order valence-electron chi connectivity index (χ1n) is 5.03. The van der Waals surface area contributed by atoms with E-state index < -0.39 is 0 Å². The maximum atomic E-state index is 6.00. The minimum Gasteiger partial charge on any atom is -0.437 e. The van der Waals surface area contributed by atoms with E-state index in [1.165, 1.54) is 6.33 Å². The Morgan fingerprint density at radius 3 is 2.78 bits per heavy atom. The summed E-state index contributed by atoms with van der Waals surface area (Å²) in [5.41, 5.74) is 3.13. The Morgan fingerprint density at radius 2 is 2.06 bits per heavy atom. The van der Waals surface area contributed by atoms with Crippen molar-refractivity contribution in [2.45, 2.75) is 6.92 Å². The summed E-state index contributed by atoms with van der Waals surface area (Å²) < 4.78 is 5.60. The van der Waals surface area contributed by atoms with Crippen LogP contribution in [-0.2, 0) is 0 Å². The Bertz CT molecular complexity index is 577. The molecule has 5 nitrogen and oxygen atoms in total. The SMILES string of the molecule is Cc1c(NN)ncnc1Oc1cc(Cl)ccc1Cl. The van der Waals surface area contributed by atoms with E-state index in [2.05, 4.69) is 15.4 Å². The van der Waals surface area contributed by atoms with Crippen LogP contribution in [0, 0.1) is 6.92 Å². The van der Waals surface area contributed by atoms with Gasteiger partial charge in [-0.2, -0.15) is 0 Å². The molecule has 1 aromatic carbocycles. The molecule has 0 radical (unpaired) electrons. The Morgan fingerprint density at radius 1 is 1.28 bits per heavy atom. The molecule has 0 atom stereocenters. The Hall–Kier alpha value is -1.56. The lowest BCUT2D eigenvalue weighted by atomic mass is 10.3. The molecule has 0 saturated heterocycles. The first-order chi connectivity index (χ1) is 8.61. The Labute approximate surface area is 114 Å². The van der Waals surface area contributed by atoms with E-state index >= 15 is 0 Å². The first-order valence-corrected chi connectivity index (χ1v) is 5.78. The van der Waals surface area contributed by atoms with Crippen molar-refractivity contribution in [1.82, 2.24) is 9.97 Å². The normalized spacial score (nSPS) is 10.2. The van der Waals surface area contributed by atoms with Crippen LogP contribution in [0.25, 0.3) is 0 Å². The van der Waals surface area contributed by atoms with E-state index in [0.29, 0.717) is 33.1 Å². The molecule has 7 heteroatoms. The van der Waals surface area contributed by atoms with Crippen LogP contribution in [0.4, 0.5) is 5.82 Å². The van der Waals surface area contributed by atoms with Gasteiger partial charge in [-0.3, -0.25) is 0 Å². The smallest absolute Gasteiger partial charge is 0.227 e. The van der Waals surface area contributed by atoms with Gasteiger partial charge in [-0.15, -0.1) is 0 Å². The highest BCUT2D eigenvalue weighted by molar-refractivity contribution is 6.34. The molecule has 0 fully saturated rings. The van der Waals surface area contributed by atoms with Gasteiger partial charge in [0.1, 0.15) is 17.9 Å². The molecular weight excluding hydrogens is 275 g/mol. The van der Waals surface area contributed by atoms with Crippen LogP contribution in [0.2, 0.25) is 10.0 Å². The zero-order valence-corrected chi connectivity index (χ0v) is 11.0. The molecule has 94 valence electrons. The third-order valence-corrected chi connectivity index (χ3v) is 2.82. The highest BCUT2D eigenvalue weighted by Gasteiger charge is 2.10. The monoisotopic (exact) mass is 284 g/mol. The average Bonchev–Trinajstić information content (AvgIpc) is 2.36. The van der Waals surface area contributed by atoms with Crippen LogP contribution < -0.4 is 16.0 Å². The molecule has 18 heavy (non-hydrogen) atoms. The van der Waals surface area contributed by atoms with Crippen molar-refractivity contribution in [1.29, 1.82) is 0 Å². The molecule has 1 heterocycles. The van der Waals surface area contributed by atoms with Gasteiger partial charge in [0.2, 0.25) is 5.88 Å². The summed E-state index contributed by atoms with van der Waals surface area (Å²) in [6.07, 6.45) is 1.34. The summed E-state index contributed by atoms with van der Waals surface area (Å²) in [5.74, 6) is 6.60. The van der Waals surface area contributed by atoms with Gasteiger partial charge >= 0.3 is 0 Å². The molecule has 1 aromatic heterocycles. The van der Waals surface area contributed by atoms with Crippen molar-refractivity contribution in [2.75, 3.05) is 5.43 Å². The molecule has 0 aliphatic heterocycles. The lowest BCUT2D eigenvalue weighted by Crippen LogP contribution is -2.11. The summed E-state index contributed by atoms with van der Waals surface area (Å²) in [7, 11) is 0. The molecular formula is C11H10Cl2N4O. The quantitative estimate of drug-likeness (QED) is 0.669. The number of rotatable bonds is 3. The van der Waals surface area contributed by atoms with Crippen molar-refractivity contribution < 1.29 is 4.74 Å². The van der Waals surface area contributed by atoms with Crippen LogP contribution in [0.15, 0.2) is 24.5 Å². The molecule has 0 aliphatic rings. The zero-order chi connectivity index (χ0) is 13.1. The van der Waals surface area contributed by atoms with E-state index in [1.807, 2.05) is 0 Å². The van der Waals surface area contributed by atoms with Crippen molar-refractivity contribution in [2.24, 2.45) is 5.84 Å². The number of hydrazine groups is 1. The predicted octanol–water partition coefficient (Wildman–Crippen LogP) is 3.17. The van der Waals surface area contributed by atoms with Crippen LogP contribution in [0.3, 0.4) is 0 Å². The van der Waals surface area contributed by atoms with Gasteiger partial charge in [-0.05, 0) is 19.1 Å². The summed E-state index contributed by atoms with van der Waals surface area (Å²) in [6, 6.07) is 4.94. The zero-order valence-electron chi connectivity index (χ0n) is 9.45. The fourth-order valence-electron chi connectivity index (χ4n) is 1.34. The molecule has 2 rings (SSSR count). The second-order valence-electron chi connectivity index (χ2n) is 3.47. The fraction of sp³-hybridized carbons (Fsp3) is 0.0909. The number of halogens is 2. The number of nitrogen functional groups attached to an aromatic ring is 1. The molecule has 0 aliphatic carbocycles. The largest absolute Gasteiger partial charge is 0.437 e. The number of benzene rings is 1. The van der Waals surface area contributed by atoms with Crippen LogP contribution >= 0.6 is 23.2 Å². The van der Waals surface area contributed by atoms with E-state index in [0.717, 1.165) is 0 Å². The van der Waals surface area contributed by atoms with Crippen molar-refractivity contribution in [3.63, 3.8) is 0 Å². The molecule has 0 spiro atoms. The van der Waals surface area contributed by atoms with E-state index in [9.17, 15) is 0 Å². The highest BCUT2D eigenvalue weighted by atomic mass is 35.5. The number of aromatic nitrogens is 2. The second-order valence-corrected chi connectivity index (χ2v) is 4.32. The van der Waals surface area contributed by atoms with E-state index in [4.69, 9.17) is 33.8 Å². The van der Waals surface area contributed by atoms with Gasteiger partial charge in [-0.1, -0.05) is 23.2 Å². The Kier molecular flexibility index (Phi) is 3.86. The third-order valence-electron chi connectivity index (χ3n) is 2.27. The standard InChI is InChI=1S/C11H10Cl2N4O/c1-6-10(17-14)15-5-16-11(6)18-9-4-7(12)2-3-8(9)13/h2-5H,14H2,1H3,(H,15,16,17). The van der Waals surface area contributed by atoms with Gasteiger partial charge in [-0.25, -0.2) is 15.8 Å². The molecule has 0 unspecified atom stereocenters. The van der Waals surface area contributed by atoms with Crippen molar-refractivity contribution in [3.05, 3.63) is 40.1 Å². The van der Waals surface area contributed by atoms with Crippen molar-refractivity contribution >= 4 is 29.0 Å². The number of hydrogen-bond donors (Lipinski definition) is 2. The van der Waals surface area contributed by atoms with Gasteiger partial charge < -0.3 is 10.2 Å². The first kappa shape index (κ1) is 12.9. The lowest BCUT2D eigenvalue weighted by molar-refractivity contribution is 0.458. The molecule has 2 aromatic rings. The second kappa shape index (κ2) is 5.39. The number of nitrogens with zero attached hydrogens (tertiary/aromatic N) is 2. The van der Waals surface area contributed by atoms with E-state index in [-0.39, 0.29) is 0 Å². The van der Waals surface area contributed by atoms with Crippen LogP contribution in [0.1, 0.15) is 5.56 Å². The minimum atomic E-state index is 0.363. The average molecular weight is 285 g/mol. The fourth-order valence-corrected chi connectivity index (χ4v) is 1.66. The van der Waals surface area contributed by atoms with Gasteiger partial charge in [0.05, 0.1) is 10.6 Å². The van der Waals surface area contributed by atoms with Gasteiger partial charge in [0.25, 0.3) is 0 Å². The number of nitrogens with two attached hydrogens (primary N) is 1. The number of anilines is 1. The maximum absolute atomic E-state index is 6.00. The predicted molar refractivity (Wildman–Crippen MR) is 71.1 cm³/mol. The maximum Gasteiger partial charge on any atom is 0.227 e. The molecule has 0 amide bonds. The summed E-state index contributed by atoms with van der Waals surface area (Å²) in [4.78, 5) is 7.98. The topological polar surface area (TPSA) is 73.1 Å². The third kappa shape index (κ3) is 2.64. The Balaban J connectivity index is 2.37. The summed E-state index contributed by atoms with van der Waals surface area (Å²) in [5, 5.41) is 0.970. The summed E-state index contributed by atoms with van der Waals surface area (Å²) >= 11 is 11.9. The van der Waals surface area contributed by atoms with Gasteiger partial charge in [0, 0.05) is 11.1 Å². The van der Waals surface area contributed by atoms with Gasteiger partial charge in [0.15, 0.2) is 0 Å². The molecule has 0 saturated carbocycles. The molecule has 0 bridgehead atoms.